The zero-order valence-electron chi connectivity index (χ0n) is 25.5. The number of anilines is 1. The van der Waals surface area contributed by atoms with Gasteiger partial charge in [0.2, 0.25) is 0 Å². The molecule has 1 fully saturated rings. The Morgan fingerprint density at radius 3 is 2.07 bits per heavy atom. The first-order valence-corrected chi connectivity index (χ1v) is 14.7. The van der Waals surface area contributed by atoms with Gasteiger partial charge in [-0.1, -0.05) is 48.5 Å². The summed E-state index contributed by atoms with van der Waals surface area (Å²) in [4.78, 5) is 29.5. The predicted molar refractivity (Wildman–Crippen MR) is 168 cm³/mol. The van der Waals surface area contributed by atoms with Crippen molar-refractivity contribution in [2.45, 2.75) is 52.7 Å². The number of carbonyl (C=O) groups excluding carboxylic acids is 2. The maximum Gasteiger partial charge on any atom is 0.489 e. The Morgan fingerprint density at radius 1 is 0.930 bits per heavy atom. The molecule has 2 amide bonds. The maximum absolute atomic E-state index is 13.1. The van der Waals surface area contributed by atoms with Gasteiger partial charge in [0.15, 0.2) is 0 Å². The van der Waals surface area contributed by atoms with Crippen LogP contribution in [-0.4, -0.2) is 77.5 Å². The first-order chi connectivity index (χ1) is 20.4. The minimum Gasteiger partial charge on any atom is -0.448 e. The number of benzene rings is 3. The Kier molecular flexibility index (Phi) is 8.82. The normalized spacial score (nSPS) is 15.1. The molecule has 1 heterocycles. The SMILES string of the molecule is Cc1c(CN2CCN(C(=O)OC(C)(C)C)CC2)cc(NC(=O)OCC2c3ccccc3-c3ccccc32)c(C)c1B(O)O. The van der Waals surface area contributed by atoms with E-state index < -0.39 is 18.8 Å². The van der Waals surface area contributed by atoms with Crippen molar-refractivity contribution in [1.82, 2.24) is 9.80 Å². The van der Waals surface area contributed by atoms with E-state index >= 15 is 0 Å². The van der Waals surface area contributed by atoms with Gasteiger partial charge in [0.1, 0.15) is 12.2 Å². The highest BCUT2D eigenvalue weighted by molar-refractivity contribution is 6.60. The number of hydrogen-bond acceptors (Lipinski definition) is 7. The van der Waals surface area contributed by atoms with Crippen molar-refractivity contribution in [2.24, 2.45) is 0 Å². The molecule has 2 aliphatic rings. The van der Waals surface area contributed by atoms with Crippen molar-refractivity contribution in [1.29, 1.82) is 0 Å². The second-order valence-corrected chi connectivity index (χ2v) is 12.3. The molecular formula is C33H40BN3O6. The number of rotatable bonds is 6. The molecule has 0 saturated carbocycles. The van der Waals surface area contributed by atoms with Gasteiger partial charge in [0, 0.05) is 44.3 Å². The average Bonchev–Trinajstić information content (AvgIpc) is 3.27. The summed E-state index contributed by atoms with van der Waals surface area (Å²) < 4.78 is 11.3. The number of nitrogens with zero attached hydrogens (tertiary/aromatic N) is 2. The molecule has 1 aliphatic carbocycles. The topological polar surface area (TPSA) is 112 Å². The first-order valence-electron chi connectivity index (χ1n) is 14.7. The van der Waals surface area contributed by atoms with E-state index in [9.17, 15) is 19.6 Å². The van der Waals surface area contributed by atoms with Gasteiger partial charge in [-0.3, -0.25) is 10.2 Å². The lowest BCUT2D eigenvalue weighted by Gasteiger charge is -2.36. The fourth-order valence-electron chi connectivity index (χ4n) is 6.07. The molecule has 3 aromatic rings. The number of hydrogen-bond donors (Lipinski definition) is 3. The molecule has 3 aromatic carbocycles. The van der Waals surface area contributed by atoms with E-state index in [1.807, 2.05) is 58.0 Å². The zero-order chi connectivity index (χ0) is 30.9. The van der Waals surface area contributed by atoms with Crippen LogP contribution in [0.15, 0.2) is 54.6 Å². The molecular weight excluding hydrogens is 545 g/mol. The summed E-state index contributed by atoms with van der Waals surface area (Å²) in [5.74, 6) is -0.0676. The van der Waals surface area contributed by atoms with E-state index in [-0.39, 0.29) is 18.6 Å². The monoisotopic (exact) mass is 585 g/mol. The highest BCUT2D eigenvalue weighted by atomic mass is 16.6. The smallest absolute Gasteiger partial charge is 0.448 e. The highest BCUT2D eigenvalue weighted by Gasteiger charge is 2.30. The van der Waals surface area contributed by atoms with Gasteiger partial charge in [-0.2, -0.15) is 0 Å². The van der Waals surface area contributed by atoms with Crippen molar-refractivity contribution in [3.8, 4) is 11.1 Å². The van der Waals surface area contributed by atoms with Gasteiger partial charge in [-0.25, -0.2) is 9.59 Å². The van der Waals surface area contributed by atoms with E-state index in [1.54, 1.807) is 11.8 Å². The second-order valence-electron chi connectivity index (χ2n) is 12.3. The van der Waals surface area contributed by atoms with Crippen LogP contribution < -0.4 is 10.8 Å². The Balaban J connectivity index is 1.27. The molecule has 10 heteroatoms. The fourth-order valence-corrected chi connectivity index (χ4v) is 6.07. The molecule has 226 valence electrons. The minimum absolute atomic E-state index is 0.0676. The molecule has 0 spiro atoms. The van der Waals surface area contributed by atoms with Crippen molar-refractivity contribution in [3.63, 3.8) is 0 Å². The number of fused-ring (bicyclic) bond motifs is 3. The molecule has 0 atom stereocenters. The Labute approximate surface area is 253 Å². The largest absolute Gasteiger partial charge is 0.489 e. The summed E-state index contributed by atoms with van der Waals surface area (Å²) in [5, 5.41) is 23.3. The van der Waals surface area contributed by atoms with Crippen LogP contribution >= 0.6 is 0 Å². The van der Waals surface area contributed by atoms with Crippen LogP contribution in [0, 0.1) is 13.8 Å². The summed E-state index contributed by atoms with van der Waals surface area (Å²) in [6.07, 6.45) is -0.928. The van der Waals surface area contributed by atoms with Crippen LogP contribution in [0.1, 0.15) is 54.5 Å². The van der Waals surface area contributed by atoms with Gasteiger partial charge >= 0.3 is 19.3 Å². The standard InChI is InChI=1S/C33H40BN3O6/c1-21-23(19-36-14-16-37(17-15-36)32(39)43-33(3,4)5)18-29(22(2)30(21)34(40)41)35-31(38)42-20-28-26-12-8-6-10-24(26)25-11-7-9-13-27(25)28/h6-13,18,28,40-41H,14-17,19-20H2,1-5H3,(H,35,38). The van der Waals surface area contributed by atoms with Crippen LogP contribution in [0.5, 0.6) is 0 Å². The van der Waals surface area contributed by atoms with E-state index in [1.165, 1.54) is 0 Å². The molecule has 43 heavy (non-hydrogen) atoms. The maximum atomic E-state index is 13.1. The van der Waals surface area contributed by atoms with Gasteiger partial charge in [0.25, 0.3) is 0 Å². The fraction of sp³-hybridized carbons (Fsp3) is 0.394. The van der Waals surface area contributed by atoms with E-state index in [4.69, 9.17) is 9.47 Å². The van der Waals surface area contributed by atoms with Gasteiger partial charge in [-0.05, 0) is 85.1 Å². The Morgan fingerprint density at radius 2 is 1.51 bits per heavy atom. The molecule has 5 rings (SSSR count). The van der Waals surface area contributed by atoms with Crippen LogP contribution in [0.3, 0.4) is 0 Å². The lowest BCUT2D eigenvalue weighted by Crippen LogP contribution is -2.49. The van der Waals surface area contributed by atoms with E-state index in [0.717, 1.165) is 33.4 Å². The summed E-state index contributed by atoms with van der Waals surface area (Å²) in [6.45, 7) is 12.2. The van der Waals surface area contributed by atoms with Crippen LogP contribution in [0.2, 0.25) is 0 Å². The van der Waals surface area contributed by atoms with Crippen molar-refractivity contribution in [3.05, 3.63) is 82.4 Å². The number of nitrogens with one attached hydrogen (secondary N) is 1. The van der Waals surface area contributed by atoms with Crippen molar-refractivity contribution in [2.75, 3.05) is 38.1 Å². The van der Waals surface area contributed by atoms with Crippen LogP contribution in [0.4, 0.5) is 15.3 Å². The van der Waals surface area contributed by atoms with E-state index in [2.05, 4.69) is 34.5 Å². The number of carbonyl (C=O) groups is 2. The quantitative estimate of drug-likeness (QED) is 0.368. The highest BCUT2D eigenvalue weighted by Crippen LogP contribution is 2.44. The van der Waals surface area contributed by atoms with Gasteiger partial charge in [0.05, 0.1) is 0 Å². The first kappa shape index (κ1) is 30.6. The summed E-state index contributed by atoms with van der Waals surface area (Å²) in [7, 11) is -1.70. The molecule has 9 nitrogen and oxygen atoms in total. The molecule has 3 N–H and O–H groups in total. The predicted octanol–water partition coefficient (Wildman–Crippen LogP) is 4.40. The third-order valence-corrected chi connectivity index (χ3v) is 8.27. The molecule has 0 bridgehead atoms. The lowest BCUT2D eigenvalue weighted by atomic mass is 9.72. The second kappa shape index (κ2) is 12.4. The summed E-state index contributed by atoms with van der Waals surface area (Å²) >= 11 is 0. The summed E-state index contributed by atoms with van der Waals surface area (Å²) in [6, 6.07) is 18.2. The lowest BCUT2D eigenvalue weighted by molar-refractivity contribution is 0.0139. The van der Waals surface area contributed by atoms with Crippen molar-refractivity contribution >= 4 is 30.5 Å². The molecule has 1 saturated heterocycles. The average molecular weight is 586 g/mol. The van der Waals surface area contributed by atoms with Gasteiger partial charge < -0.3 is 24.4 Å². The third-order valence-electron chi connectivity index (χ3n) is 8.27. The van der Waals surface area contributed by atoms with Crippen LogP contribution in [-0.2, 0) is 16.0 Å². The molecule has 0 radical (unpaired) electrons. The Bertz CT molecular complexity index is 1470. The van der Waals surface area contributed by atoms with E-state index in [0.29, 0.717) is 49.4 Å². The number of ether oxygens (including phenoxy) is 2. The Hall–Kier alpha value is -3.86. The van der Waals surface area contributed by atoms with Gasteiger partial charge in [-0.15, -0.1) is 0 Å². The number of piperazine rings is 1. The zero-order valence-corrected chi connectivity index (χ0v) is 25.5. The van der Waals surface area contributed by atoms with Crippen LogP contribution in [0.25, 0.3) is 11.1 Å². The minimum atomic E-state index is -1.70. The summed E-state index contributed by atoms with van der Waals surface area (Å²) in [5.41, 5.74) is 7.01. The molecule has 0 unspecified atom stereocenters. The molecule has 1 aliphatic heterocycles. The van der Waals surface area contributed by atoms with Crippen molar-refractivity contribution < 1.29 is 29.1 Å². The third kappa shape index (κ3) is 6.72. The molecule has 0 aromatic heterocycles. The number of amides is 2.